The molecule has 2 unspecified atom stereocenters. The molecule has 1 heterocycles. The number of carbonyl (C=O) groups excluding carboxylic acids is 2. The zero-order valence-electron chi connectivity index (χ0n) is 10.9. The number of nitrogens with zero attached hydrogens (tertiary/aromatic N) is 1. The van der Waals surface area contributed by atoms with E-state index in [9.17, 15) is 14.4 Å². The Kier molecular flexibility index (Phi) is 3.92. The van der Waals surface area contributed by atoms with Crippen LogP contribution in [0.4, 0.5) is 4.79 Å². The highest BCUT2D eigenvalue weighted by Crippen LogP contribution is 2.36. The van der Waals surface area contributed by atoms with Crippen molar-refractivity contribution in [1.82, 2.24) is 15.5 Å². The highest BCUT2D eigenvalue weighted by atomic mass is 16.4. The third-order valence-electron chi connectivity index (χ3n) is 3.73. The van der Waals surface area contributed by atoms with Gasteiger partial charge >= 0.3 is 12.0 Å². The number of urea groups is 1. The van der Waals surface area contributed by atoms with Crippen molar-refractivity contribution in [3.05, 3.63) is 0 Å². The second-order valence-electron chi connectivity index (χ2n) is 5.29. The predicted molar refractivity (Wildman–Crippen MR) is 66.4 cm³/mol. The van der Waals surface area contributed by atoms with Crippen molar-refractivity contribution in [3.8, 4) is 0 Å². The number of aliphatic carboxylic acids is 1. The van der Waals surface area contributed by atoms with Gasteiger partial charge in [-0.3, -0.25) is 9.69 Å². The minimum atomic E-state index is -1.11. The normalized spacial score (nSPS) is 24.6. The van der Waals surface area contributed by atoms with Crippen LogP contribution in [0, 0.1) is 11.8 Å². The van der Waals surface area contributed by atoms with E-state index in [1.165, 1.54) is 12.8 Å². The predicted octanol–water partition coefficient (Wildman–Crippen LogP) is -0.373. The van der Waals surface area contributed by atoms with E-state index >= 15 is 0 Å². The number of nitrogens with one attached hydrogen (secondary N) is 2. The molecule has 2 aliphatic rings. The number of carboxylic acids is 1. The van der Waals surface area contributed by atoms with Crippen molar-refractivity contribution in [3.63, 3.8) is 0 Å². The van der Waals surface area contributed by atoms with Gasteiger partial charge in [0.2, 0.25) is 5.91 Å². The molecule has 0 bridgehead atoms. The molecule has 106 valence electrons. The van der Waals surface area contributed by atoms with E-state index in [-0.39, 0.29) is 19.0 Å². The molecule has 3 N–H and O–H groups in total. The first-order valence-electron chi connectivity index (χ1n) is 6.53. The van der Waals surface area contributed by atoms with Gasteiger partial charge in [-0.2, -0.15) is 0 Å². The summed E-state index contributed by atoms with van der Waals surface area (Å²) < 4.78 is 0. The molecule has 0 aromatic rings. The van der Waals surface area contributed by atoms with Crippen molar-refractivity contribution in [2.45, 2.75) is 25.8 Å². The first-order valence-corrected chi connectivity index (χ1v) is 6.53. The summed E-state index contributed by atoms with van der Waals surface area (Å²) in [4.78, 5) is 35.4. The SMILES string of the molecule is CC(CNC(=O)N1CC(=O)NCC1C(=O)O)C1CC1. The highest BCUT2D eigenvalue weighted by Gasteiger charge is 2.35. The van der Waals surface area contributed by atoms with Crippen LogP contribution in [0.2, 0.25) is 0 Å². The molecule has 2 atom stereocenters. The van der Waals surface area contributed by atoms with Crippen LogP contribution in [0.1, 0.15) is 19.8 Å². The summed E-state index contributed by atoms with van der Waals surface area (Å²) >= 11 is 0. The lowest BCUT2D eigenvalue weighted by molar-refractivity contribution is -0.144. The minimum Gasteiger partial charge on any atom is -0.480 e. The third kappa shape index (κ3) is 3.36. The summed E-state index contributed by atoms with van der Waals surface area (Å²) in [5.74, 6) is -0.376. The van der Waals surface area contributed by atoms with Crippen LogP contribution in [-0.2, 0) is 9.59 Å². The molecule has 3 amide bonds. The topological polar surface area (TPSA) is 98.7 Å². The van der Waals surface area contributed by atoms with Gasteiger partial charge in [0.25, 0.3) is 0 Å². The van der Waals surface area contributed by atoms with E-state index in [4.69, 9.17) is 5.11 Å². The average molecular weight is 269 g/mol. The molecule has 1 aliphatic heterocycles. The van der Waals surface area contributed by atoms with Crippen LogP contribution >= 0.6 is 0 Å². The smallest absolute Gasteiger partial charge is 0.328 e. The summed E-state index contributed by atoms with van der Waals surface area (Å²) in [6.07, 6.45) is 2.39. The van der Waals surface area contributed by atoms with Crippen molar-refractivity contribution < 1.29 is 19.5 Å². The van der Waals surface area contributed by atoms with Crippen LogP contribution in [0.15, 0.2) is 0 Å². The molecular weight excluding hydrogens is 250 g/mol. The van der Waals surface area contributed by atoms with Crippen molar-refractivity contribution in [2.24, 2.45) is 11.8 Å². The summed E-state index contributed by atoms with van der Waals surface area (Å²) in [6, 6.07) is -1.47. The van der Waals surface area contributed by atoms with Gasteiger partial charge in [-0.1, -0.05) is 6.92 Å². The van der Waals surface area contributed by atoms with E-state index < -0.39 is 18.0 Å². The molecule has 1 saturated heterocycles. The molecule has 7 heteroatoms. The number of carbonyl (C=O) groups is 3. The van der Waals surface area contributed by atoms with Gasteiger partial charge in [0.1, 0.15) is 12.6 Å². The first-order chi connectivity index (χ1) is 8.99. The number of carboxylic acid groups (broad SMARTS) is 1. The Labute approximate surface area is 111 Å². The monoisotopic (exact) mass is 269 g/mol. The molecule has 19 heavy (non-hydrogen) atoms. The maximum atomic E-state index is 12.0. The van der Waals surface area contributed by atoms with Crippen LogP contribution in [-0.4, -0.2) is 53.6 Å². The Hall–Kier alpha value is -1.79. The lowest BCUT2D eigenvalue weighted by Gasteiger charge is -2.32. The molecule has 7 nitrogen and oxygen atoms in total. The Bertz CT molecular complexity index is 394. The van der Waals surface area contributed by atoms with Crippen LogP contribution in [0.5, 0.6) is 0 Å². The van der Waals surface area contributed by atoms with E-state index in [2.05, 4.69) is 17.6 Å². The van der Waals surface area contributed by atoms with Crippen LogP contribution in [0.25, 0.3) is 0 Å². The molecule has 0 aromatic carbocycles. The van der Waals surface area contributed by atoms with E-state index in [0.29, 0.717) is 18.4 Å². The number of hydrogen-bond acceptors (Lipinski definition) is 3. The molecule has 1 saturated carbocycles. The minimum absolute atomic E-state index is 0.0419. The molecule has 0 radical (unpaired) electrons. The van der Waals surface area contributed by atoms with Gasteiger partial charge in [0, 0.05) is 13.1 Å². The Morgan fingerprint density at radius 3 is 2.79 bits per heavy atom. The van der Waals surface area contributed by atoms with E-state index in [1.54, 1.807) is 0 Å². The number of rotatable bonds is 4. The Morgan fingerprint density at radius 2 is 2.21 bits per heavy atom. The molecule has 1 aliphatic carbocycles. The quantitative estimate of drug-likeness (QED) is 0.648. The van der Waals surface area contributed by atoms with Crippen molar-refractivity contribution >= 4 is 17.9 Å². The third-order valence-corrected chi connectivity index (χ3v) is 3.73. The second kappa shape index (κ2) is 5.46. The summed E-state index contributed by atoms with van der Waals surface area (Å²) in [7, 11) is 0. The molecule has 2 fully saturated rings. The molecular formula is C12H19N3O4. The van der Waals surface area contributed by atoms with Gasteiger partial charge < -0.3 is 15.7 Å². The first kappa shape index (κ1) is 13.6. The number of piperazine rings is 1. The lowest BCUT2D eigenvalue weighted by Crippen LogP contribution is -2.61. The fraction of sp³-hybridized carbons (Fsp3) is 0.750. The molecule has 0 spiro atoms. The Morgan fingerprint density at radius 1 is 1.53 bits per heavy atom. The molecule has 2 rings (SSSR count). The van der Waals surface area contributed by atoms with Gasteiger partial charge in [-0.15, -0.1) is 0 Å². The van der Waals surface area contributed by atoms with Crippen molar-refractivity contribution in [1.29, 1.82) is 0 Å². The van der Waals surface area contributed by atoms with Crippen LogP contribution < -0.4 is 10.6 Å². The average Bonchev–Trinajstić information content (AvgIpc) is 3.19. The fourth-order valence-corrected chi connectivity index (χ4v) is 2.26. The number of amides is 3. The maximum absolute atomic E-state index is 12.0. The van der Waals surface area contributed by atoms with E-state index in [0.717, 1.165) is 4.90 Å². The van der Waals surface area contributed by atoms with Gasteiger partial charge in [0.05, 0.1) is 0 Å². The zero-order valence-corrected chi connectivity index (χ0v) is 10.9. The van der Waals surface area contributed by atoms with Gasteiger partial charge in [-0.25, -0.2) is 9.59 Å². The maximum Gasteiger partial charge on any atom is 0.328 e. The largest absolute Gasteiger partial charge is 0.480 e. The lowest BCUT2D eigenvalue weighted by atomic mass is 10.1. The number of hydrogen-bond donors (Lipinski definition) is 3. The van der Waals surface area contributed by atoms with E-state index in [1.807, 2.05) is 0 Å². The second-order valence-corrected chi connectivity index (χ2v) is 5.29. The Balaban J connectivity index is 1.90. The van der Waals surface area contributed by atoms with Gasteiger partial charge in [0.15, 0.2) is 0 Å². The summed E-state index contributed by atoms with van der Waals surface area (Å²) in [5.41, 5.74) is 0. The fourth-order valence-electron chi connectivity index (χ4n) is 2.26. The summed E-state index contributed by atoms with van der Waals surface area (Å²) in [5, 5.41) is 14.2. The summed E-state index contributed by atoms with van der Waals surface area (Å²) in [6.45, 7) is 2.34. The standard InChI is InChI=1S/C12H19N3O4/c1-7(8-2-3-8)4-14-12(19)15-6-10(16)13-5-9(15)11(17)18/h7-9H,2-6H2,1H3,(H,13,16)(H,14,19)(H,17,18). The molecule has 0 aromatic heterocycles. The zero-order chi connectivity index (χ0) is 14.0. The van der Waals surface area contributed by atoms with Crippen LogP contribution in [0.3, 0.4) is 0 Å². The highest BCUT2D eigenvalue weighted by molar-refractivity contribution is 5.90. The van der Waals surface area contributed by atoms with Gasteiger partial charge in [-0.05, 0) is 24.7 Å². The van der Waals surface area contributed by atoms with Crippen molar-refractivity contribution in [2.75, 3.05) is 19.6 Å².